The van der Waals surface area contributed by atoms with Gasteiger partial charge in [-0.25, -0.2) is 17.8 Å². The van der Waals surface area contributed by atoms with E-state index in [9.17, 15) is 31.5 Å². The number of nitrogens with zero attached hydrogens (tertiary/aromatic N) is 2. The van der Waals surface area contributed by atoms with Crippen LogP contribution in [0.5, 0.6) is 5.88 Å². The Balaban J connectivity index is 2.04. The van der Waals surface area contributed by atoms with Gasteiger partial charge in [-0.2, -0.15) is 13.2 Å². The van der Waals surface area contributed by atoms with E-state index in [1.807, 2.05) is 6.07 Å². The molecule has 0 saturated heterocycles. The molecule has 1 heterocycles. The fourth-order valence-corrected chi connectivity index (χ4v) is 3.49. The van der Waals surface area contributed by atoms with Crippen LogP contribution in [-0.4, -0.2) is 28.2 Å². The van der Waals surface area contributed by atoms with E-state index in [0.717, 1.165) is 34.4 Å². The highest BCUT2D eigenvalue weighted by Crippen LogP contribution is 2.31. The van der Waals surface area contributed by atoms with Crippen molar-refractivity contribution < 1.29 is 26.7 Å². The highest BCUT2D eigenvalue weighted by atomic mass is 32.2. The van der Waals surface area contributed by atoms with E-state index in [1.54, 1.807) is 24.3 Å². The van der Waals surface area contributed by atoms with Gasteiger partial charge in [-0.15, -0.1) is 0 Å². The molecule has 0 atom stereocenters. The number of benzene rings is 2. The molecule has 0 amide bonds. The normalized spacial score (nSPS) is 12.3. The fourth-order valence-electron chi connectivity index (χ4n) is 2.73. The molecule has 0 fully saturated rings. The van der Waals surface area contributed by atoms with Crippen LogP contribution in [0.2, 0.25) is 0 Å². The van der Waals surface area contributed by atoms with Crippen molar-refractivity contribution in [1.82, 2.24) is 9.13 Å². The van der Waals surface area contributed by atoms with Crippen LogP contribution < -0.4 is 5.69 Å². The molecule has 3 aromatic rings. The first-order valence-electron chi connectivity index (χ1n) is 8.01. The second-order valence-electron chi connectivity index (χ2n) is 6.04. The van der Waals surface area contributed by atoms with Gasteiger partial charge in [-0.1, -0.05) is 30.3 Å². The number of aromatic hydroxyl groups is 1. The van der Waals surface area contributed by atoms with Gasteiger partial charge in [0.25, 0.3) is 9.84 Å². The molecule has 0 bridgehead atoms. The number of halogens is 3. The highest BCUT2D eigenvalue weighted by Gasteiger charge is 2.46. The SMILES string of the molecule is Cc1c(O)n(-c2ccc(S(=O)(=O)C(F)(F)F)cc2)c(=O)n1Cc1ccccc1. The van der Waals surface area contributed by atoms with Crippen molar-refractivity contribution in [2.24, 2.45) is 0 Å². The van der Waals surface area contributed by atoms with Crippen LogP contribution >= 0.6 is 0 Å². The van der Waals surface area contributed by atoms with Crippen molar-refractivity contribution in [3.63, 3.8) is 0 Å². The minimum Gasteiger partial charge on any atom is -0.493 e. The smallest absolute Gasteiger partial charge is 0.493 e. The Hall–Kier alpha value is -3.01. The maximum Gasteiger partial charge on any atom is 0.501 e. The minimum absolute atomic E-state index is 0.0403. The number of rotatable bonds is 4. The van der Waals surface area contributed by atoms with Gasteiger partial charge in [0.1, 0.15) is 0 Å². The number of alkyl halides is 3. The summed E-state index contributed by atoms with van der Waals surface area (Å²) in [5, 5.41) is 10.3. The summed E-state index contributed by atoms with van der Waals surface area (Å²) in [7, 11) is -5.49. The second-order valence-corrected chi connectivity index (χ2v) is 7.98. The summed E-state index contributed by atoms with van der Waals surface area (Å²) in [4.78, 5) is 11.8. The zero-order valence-electron chi connectivity index (χ0n) is 14.5. The summed E-state index contributed by atoms with van der Waals surface area (Å²) < 4.78 is 63.1. The first kappa shape index (κ1) is 19.7. The molecule has 0 aliphatic rings. The predicted octanol–water partition coefficient (Wildman–Crippen LogP) is 2.99. The Bertz CT molecular complexity index is 1160. The zero-order valence-corrected chi connectivity index (χ0v) is 15.3. The van der Waals surface area contributed by atoms with Gasteiger partial charge in [0.2, 0.25) is 5.88 Å². The minimum atomic E-state index is -5.49. The molecule has 28 heavy (non-hydrogen) atoms. The summed E-state index contributed by atoms with van der Waals surface area (Å²) in [6.07, 6.45) is 0. The quantitative estimate of drug-likeness (QED) is 0.714. The Morgan fingerprint density at radius 1 is 1.00 bits per heavy atom. The van der Waals surface area contributed by atoms with Gasteiger partial charge in [0, 0.05) is 0 Å². The van der Waals surface area contributed by atoms with Crippen molar-refractivity contribution in [3.05, 3.63) is 76.3 Å². The van der Waals surface area contributed by atoms with Crippen molar-refractivity contribution >= 4 is 9.84 Å². The first-order chi connectivity index (χ1) is 13.0. The van der Waals surface area contributed by atoms with Gasteiger partial charge in [0.05, 0.1) is 22.8 Å². The lowest BCUT2D eigenvalue weighted by atomic mass is 10.2. The van der Waals surface area contributed by atoms with Crippen molar-refractivity contribution in [3.8, 4) is 11.6 Å². The summed E-state index contributed by atoms with van der Waals surface area (Å²) in [5.41, 5.74) is -4.91. The molecule has 10 heteroatoms. The molecule has 1 aromatic heterocycles. The molecule has 0 aliphatic heterocycles. The highest BCUT2D eigenvalue weighted by molar-refractivity contribution is 7.92. The maximum absolute atomic E-state index is 12.7. The summed E-state index contributed by atoms with van der Waals surface area (Å²) in [5.74, 6) is -0.382. The van der Waals surface area contributed by atoms with Crippen LogP contribution in [0.25, 0.3) is 5.69 Å². The van der Waals surface area contributed by atoms with E-state index in [1.165, 1.54) is 11.5 Å². The summed E-state index contributed by atoms with van der Waals surface area (Å²) in [6, 6.07) is 12.6. The van der Waals surface area contributed by atoms with E-state index in [0.29, 0.717) is 0 Å². The van der Waals surface area contributed by atoms with Gasteiger partial charge in [-0.3, -0.25) is 4.57 Å². The van der Waals surface area contributed by atoms with Crippen LogP contribution in [0.3, 0.4) is 0 Å². The van der Waals surface area contributed by atoms with Crippen LogP contribution in [0.15, 0.2) is 64.3 Å². The Morgan fingerprint density at radius 3 is 2.11 bits per heavy atom. The molecule has 0 radical (unpaired) electrons. The third kappa shape index (κ3) is 3.31. The first-order valence-corrected chi connectivity index (χ1v) is 9.49. The van der Waals surface area contributed by atoms with Crippen molar-refractivity contribution in [2.75, 3.05) is 0 Å². The topological polar surface area (TPSA) is 81.3 Å². The molecular weight excluding hydrogens is 397 g/mol. The fraction of sp³-hybridized carbons (Fsp3) is 0.167. The molecule has 0 aliphatic carbocycles. The number of imidazole rings is 1. The van der Waals surface area contributed by atoms with Gasteiger partial charge in [-0.05, 0) is 36.8 Å². The molecule has 1 N–H and O–H groups in total. The average molecular weight is 412 g/mol. The third-order valence-electron chi connectivity index (χ3n) is 4.26. The lowest BCUT2D eigenvalue weighted by Crippen LogP contribution is -2.25. The molecule has 3 rings (SSSR count). The summed E-state index contributed by atoms with van der Waals surface area (Å²) in [6.45, 7) is 1.71. The third-order valence-corrected chi connectivity index (χ3v) is 5.76. The van der Waals surface area contributed by atoms with E-state index >= 15 is 0 Å². The predicted molar refractivity (Wildman–Crippen MR) is 95.2 cm³/mol. The van der Waals surface area contributed by atoms with Crippen LogP contribution in [0.1, 0.15) is 11.3 Å². The Kier molecular flexibility index (Phi) is 4.84. The standard InChI is InChI=1S/C18H15F3N2O4S/c1-12-16(24)23(17(25)22(12)11-13-5-3-2-4-6-13)14-7-9-15(10-8-14)28(26,27)18(19,20)21/h2-10,24H,11H2,1H3. The number of hydrogen-bond acceptors (Lipinski definition) is 4. The second kappa shape index (κ2) is 6.86. The van der Waals surface area contributed by atoms with Gasteiger partial charge >= 0.3 is 11.2 Å². The van der Waals surface area contributed by atoms with Crippen LogP contribution in [-0.2, 0) is 16.4 Å². The van der Waals surface area contributed by atoms with Crippen molar-refractivity contribution in [1.29, 1.82) is 0 Å². The van der Waals surface area contributed by atoms with Gasteiger partial charge < -0.3 is 5.11 Å². The Morgan fingerprint density at radius 2 is 1.57 bits per heavy atom. The van der Waals surface area contributed by atoms with E-state index in [2.05, 4.69) is 0 Å². The molecule has 0 unspecified atom stereocenters. The van der Waals surface area contributed by atoms with Crippen molar-refractivity contribution in [2.45, 2.75) is 23.9 Å². The molecular formula is C18H15F3N2O4S. The monoisotopic (exact) mass is 412 g/mol. The molecule has 6 nitrogen and oxygen atoms in total. The van der Waals surface area contributed by atoms with Crippen LogP contribution in [0.4, 0.5) is 13.2 Å². The Labute approximate surface area is 158 Å². The lowest BCUT2D eigenvalue weighted by Gasteiger charge is -2.09. The lowest BCUT2D eigenvalue weighted by molar-refractivity contribution is -0.0436. The van der Waals surface area contributed by atoms with E-state index in [-0.39, 0.29) is 23.8 Å². The molecule has 148 valence electrons. The average Bonchev–Trinajstić information content (AvgIpc) is 2.85. The summed E-state index contributed by atoms with van der Waals surface area (Å²) >= 11 is 0. The zero-order chi connectivity index (χ0) is 20.7. The largest absolute Gasteiger partial charge is 0.501 e. The van der Waals surface area contributed by atoms with E-state index in [4.69, 9.17) is 0 Å². The maximum atomic E-state index is 12.7. The molecule has 0 saturated carbocycles. The number of aromatic nitrogens is 2. The molecule has 0 spiro atoms. The van der Waals surface area contributed by atoms with E-state index < -0.39 is 25.9 Å². The number of sulfone groups is 1. The van der Waals surface area contributed by atoms with Crippen LogP contribution in [0, 0.1) is 6.92 Å². The van der Waals surface area contributed by atoms with Gasteiger partial charge in [0.15, 0.2) is 0 Å². The molecule has 2 aromatic carbocycles. The number of hydrogen-bond donors (Lipinski definition) is 1.